The van der Waals surface area contributed by atoms with Crippen molar-refractivity contribution in [3.05, 3.63) is 0 Å². The average molecular weight is 236 g/mol. The zero-order chi connectivity index (χ0) is 11.5. The molecule has 0 radical (unpaired) electrons. The molecular formula is C11H24O3S. The van der Waals surface area contributed by atoms with Crippen LogP contribution in [0.4, 0.5) is 0 Å². The molecule has 0 fully saturated rings. The van der Waals surface area contributed by atoms with Crippen molar-refractivity contribution in [2.45, 2.75) is 45.6 Å². The Bertz CT molecular complexity index is 162. The van der Waals surface area contributed by atoms with E-state index in [9.17, 15) is 9.32 Å². The van der Waals surface area contributed by atoms with E-state index in [1.165, 1.54) is 0 Å². The highest BCUT2D eigenvalue weighted by atomic mass is 32.2. The zero-order valence-electron chi connectivity index (χ0n) is 9.91. The Morgan fingerprint density at radius 3 is 2.53 bits per heavy atom. The third kappa shape index (κ3) is 10.4. The lowest BCUT2D eigenvalue weighted by atomic mass is 10.3. The first-order chi connectivity index (χ1) is 7.20. The largest absolute Gasteiger partial charge is 0.390 e. The Morgan fingerprint density at radius 2 is 1.93 bits per heavy atom. The van der Waals surface area contributed by atoms with Gasteiger partial charge >= 0.3 is 0 Å². The van der Waals surface area contributed by atoms with Crippen LogP contribution in [-0.4, -0.2) is 40.1 Å². The van der Waals surface area contributed by atoms with Gasteiger partial charge in [-0.1, -0.05) is 26.7 Å². The second kappa shape index (κ2) is 10.6. The summed E-state index contributed by atoms with van der Waals surface area (Å²) >= 11 is 0. The van der Waals surface area contributed by atoms with Crippen LogP contribution in [0.3, 0.4) is 0 Å². The minimum Gasteiger partial charge on any atom is -0.390 e. The van der Waals surface area contributed by atoms with Crippen LogP contribution >= 0.6 is 0 Å². The minimum absolute atomic E-state index is 0.317. The lowest BCUT2D eigenvalue weighted by molar-refractivity contribution is 0.0469. The molecule has 2 unspecified atom stereocenters. The van der Waals surface area contributed by atoms with Crippen molar-refractivity contribution in [1.29, 1.82) is 0 Å². The molecule has 2 atom stereocenters. The third-order valence-electron chi connectivity index (χ3n) is 2.06. The minimum atomic E-state index is -0.887. The average Bonchev–Trinajstić information content (AvgIpc) is 2.21. The van der Waals surface area contributed by atoms with Crippen molar-refractivity contribution in [2.24, 2.45) is 0 Å². The van der Waals surface area contributed by atoms with Crippen molar-refractivity contribution in [3.8, 4) is 0 Å². The van der Waals surface area contributed by atoms with Gasteiger partial charge in [0.25, 0.3) is 0 Å². The van der Waals surface area contributed by atoms with Gasteiger partial charge in [0.05, 0.1) is 18.5 Å². The van der Waals surface area contributed by atoms with Crippen molar-refractivity contribution < 1.29 is 14.1 Å². The maximum absolute atomic E-state index is 11.4. The van der Waals surface area contributed by atoms with Gasteiger partial charge in [-0.25, -0.2) is 0 Å². The van der Waals surface area contributed by atoms with Crippen molar-refractivity contribution in [3.63, 3.8) is 0 Å². The number of unbranched alkanes of at least 4 members (excludes halogenated alkanes) is 2. The van der Waals surface area contributed by atoms with Crippen LogP contribution in [0.5, 0.6) is 0 Å². The van der Waals surface area contributed by atoms with Gasteiger partial charge in [0.15, 0.2) is 0 Å². The van der Waals surface area contributed by atoms with Gasteiger partial charge in [0.2, 0.25) is 0 Å². The van der Waals surface area contributed by atoms with Crippen molar-refractivity contribution in [2.75, 3.05) is 24.7 Å². The smallest absolute Gasteiger partial charge is 0.0888 e. The van der Waals surface area contributed by atoms with Crippen LogP contribution in [0, 0.1) is 0 Å². The number of hydrogen-bond acceptors (Lipinski definition) is 3. The van der Waals surface area contributed by atoms with Crippen molar-refractivity contribution >= 4 is 10.8 Å². The fourth-order valence-corrected chi connectivity index (χ4v) is 2.42. The highest BCUT2D eigenvalue weighted by molar-refractivity contribution is 7.85. The Labute approximate surface area is 95.7 Å². The molecule has 15 heavy (non-hydrogen) atoms. The van der Waals surface area contributed by atoms with E-state index in [0.717, 1.165) is 25.7 Å². The Kier molecular flexibility index (Phi) is 10.6. The molecule has 0 aliphatic carbocycles. The molecule has 0 aliphatic heterocycles. The van der Waals surface area contributed by atoms with Gasteiger partial charge < -0.3 is 9.84 Å². The summed E-state index contributed by atoms with van der Waals surface area (Å²) in [5.74, 6) is 1.05. The molecule has 0 saturated heterocycles. The van der Waals surface area contributed by atoms with Crippen LogP contribution in [0.1, 0.15) is 39.5 Å². The molecule has 0 amide bonds. The van der Waals surface area contributed by atoms with Crippen LogP contribution in [0.15, 0.2) is 0 Å². The number of hydrogen-bond donors (Lipinski definition) is 1. The molecule has 0 heterocycles. The van der Waals surface area contributed by atoms with Crippen molar-refractivity contribution in [1.82, 2.24) is 0 Å². The van der Waals surface area contributed by atoms with E-state index in [0.29, 0.717) is 24.7 Å². The highest BCUT2D eigenvalue weighted by Crippen LogP contribution is 1.97. The highest BCUT2D eigenvalue weighted by Gasteiger charge is 2.08. The third-order valence-corrected chi connectivity index (χ3v) is 3.56. The first kappa shape index (κ1) is 15.1. The summed E-state index contributed by atoms with van der Waals surface area (Å²) in [7, 11) is -0.887. The SMILES string of the molecule is CCCCOCC(O)CS(=O)CCCC. The molecule has 0 aromatic rings. The molecule has 0 aliphatic rings. The number of aliphatic hydroxyl groups excluding tert-OH is 1. The topological polar surface area (TPSA) is 46.5 Å². The van der Waals surface area contributed by atoms with Crippen LogP contribution in [0.25, 0.3) is 0 Å². The summed E-state index contributed by atoms with van der Waals surface area (Å²) < 4.78 is 16.7. The quantitative estimate of drug-likeness (QED) is 0.587. The van der Waals surface area contributed by atoms with E-state index in [1.807, 2.05) is 0 Å². The summed E-state index contributed by atoms with van der Waals surface area (Å²) in [5.41, 5.74) is 0. The Morgan fingerprint density at radius 1 is 1.27 bits per heavy atom. The molecule has 92 valence electrons. The molecule has 4 heteroatoms. The molecule has 3 nitrogen and oxygen atoms in total. The summed E-state index contributed by atoms with van der Waals surface area (Å²) in [6.45, 7) is 5.17. The molecular weight excluding hydrogens is 212 g/mol. The summed E-state index contributed by atoms with van der Waals surface area (Å²) in [4.78, 5) is 0. The number of rotatable bonds is 10. The fraction of sp³-hybridized carbons (Fsp3) is 1.00. The molecule has 1 N–H and O–H groups in total. The van der Waals surface area contributed by atoms with Crippen LogP contribution in [-0.2, 0) is 15.5 Å². The Balaban J connectivity index is 3.38. The molecule has 0 bridgehead atoms. The van der Waals surface area contributed by atoms with E-state index in [-0.39, 0.29) is 0 Å². The van der Waals surface area contributed by atoms with Gasteiger partial charge in [-0.15, -0.1) is 0 Å². The van der Waals surface area contributed by atoms with E-state index in [2.05, 4.69) is 13.8 Å². The lowest BCUT2D eigenvalue weighted by Gasteiger charge is -2.10. The normalized spacial score (nSPS) is 15.1. The lowest BCUT2D eigenvalue weighted by Crippen LogP contribution is -2.24. The summed E-state index contributed by atoms with van der Waals surface area (Å²) in [5, 5.41) is 9.50. The molecule has 0 aromatic heterocycles. The van der Waals surface area contributed by atoms with Gasteiger partial charge in [-0.05, 0) is 12.8 Å². The molecule has 0 rings (SSSR count). The van der Waals surface area contributed by atoms with Gasteiger partial charge in [0, 0.05) is 23.2 Å². The van der Waals surface area contributed by atoms with Gasteiger partial charge in [0.1, 0.15) is 0 Å². The van der Waals surface area contributed by atoms with Gasteiger partial charge in [-0.2, -0.15) is 0 Å². The van der Waals surface area contributed by atoms with Crippen LogP contribution in [0.2, 0.25) is 0 Å². The second-order valence-electron chi connectivity index (χ2n) is 3.75. The Hall–Kier alpha value is 0.0700. The predicted octanol–water partition coefficient (Wildman–Crippen LogP) is 1.71. The fourth-order valence-electron chi connectivity index (χ4n) is 1.12. The molecule has 0 spiro atoms. The summed E-state index contributed by atoms with van der Waals surface area (Å²) in [6.07, 6.45) is 3.56. The zero-order valence-corrected chi connectivity index (χ0v) is 10.7. The second-order valence-corrected chi connectivity index (χ2v) is 5.37. The monoisotopic (exact) mass is 236 g/mol. The van der Waals surface area contributed by atoms with E-state index >= 15 is 0 Å². The number of ether oxygens (including phenoxy) is 1. The van der Waals surface area contributed by atoms with E-state index in [4.69, 9.17) is 4.74 Å². The van der Waals surface area contributed by atoms with E-state index in [1.54, 1.807) is 0 Å². The number of aliphatic hydroxyl groups is 1. The first-order valence-corrected chi connectivity index (χ1v) is 7.30. The maximum atomic E-state index is 11.4. The predicted molar refractivity (Wildman–Crippen MR) is 64.5 cm³/mol. The maximum Gasteiger partial charge on any atom is 0.0888 e. The van der Waals surface area contributed by atoms with Crippen LogP contribution < -0.4 is 0 Å². The van der Waals surface area contributed by atoms with E-state index < -0.39 is 16.9 Å². The molecule has 0 saturated carbocycles. The first-order valence-electron chi connectivity index (χ1n) is 5.81. The standard InChI is InChI=1S/C11H24O3S/c1-3-5-7-14-9-11(12)10-15(13)8-6-4-2/h11-12H,3-10H2,1-2H3. The molecule has 0 aromatic carbocycles. The summed E-state index contributed by atoms with van der Waals surface area (Å²) in [6, 6.07) is 0. The van der Waals surface area contributed by atoms with Gasteiger partial charge in [-0.3, -0.25) is 4.21 Å².